The molecule has 1 heterocycles. The SMILES string of the molecule is Cc1ccc(NCc2nnnn2-c2ccccc2)c(C)c1. The van der Waals surface area contributed by atoms with Gasteiger partial charge in [0.25, 0.3) is 0 Å². The van der Waals surface area contributed by atoms with Gasteiger partial charge in [0.15, 0.2) is 5.82 Å². The van der Waals surface area contributed by atoms with Crippen molar-refractivity contribution in [2.45, 2.75) is 20.4 Å². The number of hydrogen-bond acceptors (Lipinski definition) is 4. The van der Waals surface area contributed by atoms with Crippen LogP contribution in [-0.4, -0.2) is 20.2 Å². The normalized spacial score (nSPS) is 10.6. The van der Waals surface area contributed by atoms with E-state index in [0.29, 0.717) is 6.54 Å². The monoisotopic (exact) mass is 279 g/mol. The summed E-state index contributed by atoms with van der Waals surface area (Å²) in [6.07, 6.45) is 0. The fourth-order valence-corrected chi connectivity index (χ4v) is 2.27. The molecule has 0 aliphatic heterocycles. The number of nitrogens with zero attached hydrogens (tertiary/aromatic N) is 4. The van der Waals surface area contributed by atoms with E-state index in [1.54, 1.807) is 4.68 Å². The number of aromatic nitrogens is 4. The minimum atomic E-state index is 0.575. The smallest absolute Gasteiger partial charge is 0.175 e. The maximum atomic E-state index is 4.09. The number of anilines is 1. The number of hydrogen-bond donors (Lipinski definition) is 1. The second kappa shape index (κ2) is 5.75. The van der Waals surface area contributed by atoms with Gasteiger partial charge in [-0.3, -0.25) is 0 Å². The van der Waals surface area contributed by atoms with Crippen LogP contribution in [0.5, 0.6) is 0 Å². The minimum Gasteiger partial charge on any atom is -0.377 e. The zero-order chi connectivity index (χ0) is 14.7. The van der Waals surface area contributed by atoms with Crippen LogP contribution in [0.3, 0.4) is 0 Å². The van der Waals surface area contributed by atoms with E-state index >= 15 is 0 Å². The quantitative estimate of drug-likeness (QED) is 0.798. The van der Waals surface area contributed by atoms with Crippen LogP contribution in [0, 0.1) is 13.8 Å². The van der Waals surface area contributed by atoms with Crippen LogP contribution in [-0.2, 0) is 6.54 Å². The Morgan fingerprint density at radius 3 is 2.62 bits per heavy atom. The topological polar surface area (TPSA) is 55.6 Å². The molecule has 0 aliphatic rings. The molecule has 0 amide bonds. The molecule has 1 aromatic heterocycles. The summed E-state index contributed by atoms with van der Waals surface area (Å²) in [7, 11) is 0. The third-order valence-corrected chi connectivity index (χ3v) is 3.35. The molecule has 0 aliphatic carbocycles. The van der Waals surface area contributed by atoms with E-state index in [9.17, 15) is 0 Å². The van der Waals surface area contributed by atoms with Crippen molar-refractivity contribution in [1.29, 1.82) is 0 Å². The first-order valence-electron chi connectivity index (χ1n) is 6.88. The third kappa shape index (κ3) is 2.91. The van der Waals surface area contributed by atoms with E-state index in [1.807, 2.05) is 30.3 Å². The molecule has 1 N–H and O–H groups in total. The Morgan fingerprint density at radius 1 is 1.05 bits per heavy atom. The molecule has 2 aromatic carbocycles. The summed E-state index contributed by atoms with van der Waals surface area (Å²) in [5.74, 6) is 0.779. The summed E-state index contributed by atoms with van der Waals surface area (Å²) in [4.78, 5) is 0. The number of tetrazole rings is 1. The fourth-order valence-electron chi connectivity index (χ4n) is 2.27. The zero-order valence-corrected chi connectivity index (χ0v) is 12.1. The first-order chi connectivity index (χ1) is 10.2. The van der Waals surface area contributed by atoms with E-state index in [1.165, 1.54) is 11.1 Å². The van der Waals surface area contributed by atoms with Gasteiger partial charge in [-0.25, -0.2) is 0 Å². The summed E-state index contributed by atoms with van der Waals surface area (Å²) < 4.78 is 1.75. The molecule has 0 spiro atoms. The maximum absolute atomic E-state index is 4.09. The minimum absolute atomic E-state index is 0.575. The first kappa shape index (κ1) is 13.3. The average molecular weight is 279 g/mol. The molecule has 21 heavy (non-hydrogen) atoms. The summed E-state index contributed by atoms with van der Waals surface area (Å²) >= 11 is 0. The lowest BCUT2D eigenvalue weighted by Gasteiger charge is -2.10. The van der Waals surface area contributed by atoms with Crippen LogP contribution < -0.4 is 5.32 Å². The number of aryl methyl sites for hydroxylation is 2. The van der Waals surface area contributed by atoms with Crippen molar-refractivity contribution in [3.05, 3.63) is 65.5 Å². The lowest BCUT2D eigenvalue weighted by Crippen LogP contribution is -2.09. The van der Waals surface area contributed by atoms with Gasteiger partial charge in [0.2, 0.25) is 0 Å². The van der Waals surface area contributed by atoms with E-state index < -0.39 is 0 Å². The van der Waals surface area contributed by atoms with Crippen LogP contribution in [0.2, 0.25) is 0 Å². The summed E-state index contributed by atoms with van der Waals surface area (Å²) in [6, 6.07) is 16.2. The zero-order valence-electron chi connectivity index (χ0n) is 12.1. The Morgan fingerprint density at radius 2 is 1.86 bits per heavy atom. The molecule has 0 unspecified atom stereocenters. The highest BCUT2D eigenvalue weighted by Crippen LogP contribution is 2.17. The van der Waals surface area contributed by atoms with Gasteiger partial charge in [-0.05, 0) is 48.0 Å². The van der Waals surface area contributed by atoms with Crippen LogP contribution >= 0.6 is 0 Å². The fraction of sp³-hybridized carbons (Fsp3) is 0.188. The number of para-hydroxylation sites is 1. The average Bonchev–Trinajstić information content (AvgIpc) is 2.96. The van der Waals surface area contributed by atoms with Crippen LogP contribution in [0.25, 0.3) is 5.69 Å². The van der Waals surface area contributed by atoms with Crippen molar-refractivity contribution in [2.24, 2.45) is 0 Å². The number of benzene rings is 2. The Labute approximate surface area is 123 Å². The summed E-state index contributed by atoms with van der Waals surface area (Å²) in [6.45, 7) is 4.76. The van der Waals surface area contributed by atoms with Crippen LogP contribution in [0.1, 0.15) is 17.0 Å². The van der Waals surface area contributed by atoms with Crippen LogP contribution in [0.4, 0.5) is 5.69 Å². The molecular weight excluding hydrogens is 262 g/mol. The van der Waals surface area contributed by atoms with Gasteiger partial charge < -0.3 is 5.32 Å². The van der Waals surface area contributed by atoms with Gasteiger partial charge in [0.1, 0.15) is 0 Å². The van der Waals surface area contributed by atoms with Crippen LogP contribution in [0.15, 0.2) is 48.5 Å². The molecule has 0 bridgehead atoms. The predicted molar refractivity (Wildman–Crippen MR) is 82.4 cm³/mol. The summed E-state index contributed by atoms with van der Waals surface area (Å²) in [5, 5.41) is 15.3. The van der Waals surface area contributed by atoms with E-state index in [2.05, 4.69) is 52.9 Å². The van der Waals surface area contributed by atoms with Crippen molar-refractivity contribution in [3.8, 4) is 5.69 Å². The molecule has 3 aromatic rings. The van der Waals surface area contributed by atoms with E-state index in [4.69, 9.17) is 0 Å². The van der Waals surface area contributed by atoms with E-state index in [-0.39, 0.29) is 0 Å². The van der Waals surface area contributed by atoms with E-state index in [0.717, 1.165) is 17.2 Å². The number of nitrogens with one attached hydrogen (secondary N) is 1. The van der Waals surface area contributed by atoms with Gasteiger partial charge in [-0.1, -0.05) is 35.9 Å². The Balaban J connectivity index is 1.79. The highest BCUT2D eigenvalue weighted by Gasteiger charge is 2.08. The van der Waals surface area contributed by atoms with Crippen molar-refractivity contribution in [3.63, 3.8) is 0 Å². The molecule has 0 saturated carbocycles. The van der Waals surface area contributed by atoms with Gasteiger partial charge in [-0.2, -0.15) is 4.68 Å². The lowest BCUT2D eigenvalue weighted by atomic mass is 10.1. The maximum Gasteiger partial charge on any atom is 0.175 e. The Bertz CT molecular complexity index is 733. The molecule has 3 rings (SSSR count). The molecule has 5 nitrogen and oxygen atoms in total. The highest BCUT2D eigenvalue weighted by atomic mass is 15.5. The van der Waals surface area contributed by atoms with Crippen molar-refractivity contribution >= 4 is 5.69 Å². The molecule has 5 heteroatoms. The third-order valence-electron chi connectivity index (χ3n) is 3.35. The van der Waals surface area contributed by atoms with Gasteiger partial charge in [0, 0.05) is 5.69 Å². The second-order valence-corrected chi connectivity index (χ2v) is 5.01. The lowest BCUT2D eigenvalue weighted by molar-refractivity contribution is 0.768. The van der Waals surface area contributed by atoms with Crippen molar-refractivity contribution in [2.75, 3.05) is 5.32 Å². The standard InChI is InChI=1S/C16H17N5/c1-12-8-9-15(13(2)10-12)17-11-16-18-19-20-21(16)14-6-4-3-5-7-14/h3-10,17H,11H2,1-2H3. The number of rotatable bonds is 4. The van der Waals surface area contributed by atoms with Gasteiger partial charge >= 0.3 is 0 Å². The Kier molecular flexibility index (Phi) is 3.64. The van der Waals surface area contributed by atoms with Gasteiger partial charge in [-0.15, -0.1) is 5.10 Å². The molecular formula is C16H17N5. The van der Waals surface area contributed by atoms with Gasteiger partial charge in [0.05, 0.1) is 12.2 Å². The molecule has 106 valence electrons. The molecule has 0 radical (unpaired) electrons. The largest absolute Gasteiger partial charge is 0.377 e. The highest BCUT2D eigenvalue weighted by molar-refractivity contribution is 5.52. The van der Waals surface area contributed by atoms with Crippen molar-refractivity contribution in [1.82, 2.24) is 20.2 Å². The first-order valence-corrected chi connectivity index (χ1v) is 6.88. The molecule has 0 atom stereocenters. The Hall–Kier alpha value is -2.69. The van der Waals surface area contributed by atoms with Crippen molar-refractivity contribution < 1.29 is 0 Å². The summed E-state index contributed by atoms with van der Waals surface area (Å²) in [5.41, 5.74) is 4.53. The second-order valence-electron chi connectivity index (χ2n) is 5.01. The predicted octanol–water partition coefficient (Wildman–Crippen LogP) is 2.89. The molecule has 0 fully saturated rings. The molecule has 0 saturated heterocycles.